The van der Waals surface area contributed by atoms with Gasteiger partial charge in [0.1, 0.15) is 5.82 Å². The van der Waals surface area contributed by atoms with E-state index in [1.807, 2.05) is 17.9 Å². The van der Waals surface area contributed by atoms with Crippen LogP contribution >= 0.6 is 23.2 Å². The number of aromatic nitrogens is 4. The quantitative estimate of drug-likeness (QED) is 0.571. The summed E-state index contributed by atoms with van der Waals surface area (Å²) in [6.07, 6.45) is 3.45. The highest BCUT2D eigenvalue weighted by atomic mass is 35.5. The molecule has 1 fully saturated rings. The third-order valence-corrected chi connectivity index (χ3v) is 7.43. The molecular formula is C23H23Cl2N5O. The topological polar surface area (TPSA) is 74.8 Å². The molecule has 0 saturated carbocycles. The molecule has 4 atom stereocenters. The van der Waals surface area contributed by atoms with Crippen molar-refractivity contribution < 1.29 is 4.79 Å². The summed E-state index contributed by atoms with van der Waals surface area (Å²) in [5.41, 5.74) is 4.22. The van der Waals surface area contributed by atoms with Gasteiger partial charge in [0.05, 0.1) is 38.7 Å². The zero-order valence-electron chi connectivity index (χ0n) is 17.6. The number of carbonyl (C=O) groups is 1. The van der Waals surface area contributed by atoms with Crippen LogP contribution in [-0.4, -0.2) is 37.0 Å². The second-order valence-electron chi connectivity index (χ2n) is 8.67. The summed E-state index contributed by atoms with van der Waals surface area (Å²) in [5.74, 6) is 1.17. The van der Waals surface area contributed by atoms with Crippen LogP contribution in [0.2, 0.25) is 10.0 Å². The van der Waals surface area contributed by atoms with Crippen LogP contribution in [0.1, 0.15) is 53.7 Å². The van der Waals surface area contributed by atoms with Crippen molar-refractivity contribution in [2.45, 2.75) is 45.7 Å². The largest absolute Gasteiger partial charge is 0.326 e. The van der Waals surface area contributed by atoms with Crippen molar-refractivity contribution in [1.82, 2.24) is 25.1 Å². The monoisotopic (exact) mass is 455 g/mol. The van der Waals surface area contributed by atoms with Gasteiger partial charge in [-0.3, -0.25) is 9.89 Å². The molecule has 31 heavy (non-hydrogen) atoms. The highest BCUT2D eigenvalue weighted by molar-refractivity contribution is 6.43. The number of halogens is 2. The fourth-order valence-corrected chi connectivity index (χ4v) is 5.68. The first-order chi connectivity index (χ1) is 14.9. The molecule has 8 heteroatoms. The molecule has 160 valence electrons. The van der Waals surface area contributed by atoms with Gasteiger partial charge in [-0.1, -0.05) is 43.1 Å². The van der Waals surface area contributed by atoms with E-state index in [-0.39, 0.29) is 23.9 Å². The summed E-state index contributed by atoms with van der Waals surface area (Å²) in [7, 11) is 0. The van der Waals surface area contributed by atoms with E-state index < -0.39 is 0 Å². The van der Waals surface area contributed by atoms with Crippen molar-refractivity contribution >= 4 is 29.1 Å². The number of piperidine rings is 1. The van der Waals surface area contributed by atoms with Gasteiger partial charge in [0.15, 0.2) is 0 Å². The third kappa shape index (κ3) is 3.24. The maximum absolute atomic E-state index is 13.8. The summed E-state index contributed by atoms with van der Waals surface area (Å²) in [6, 6.07) is 7.03. The van der Waals surface area contributed by atoms with Crippen LogP contribution in [0.15, 0.2) is 30.5 Å². The zero-order valence-corrected chi connectivity index (χ0v) is 19.1. The summed E-state index contributed by atoms with van der Waals surface area (Å²) in [4.78, 5) is 25.4. The maximum atomic E-state index is 13.8. The van der Waals surface area contributed by atoms with Crippen molar-refractivity contribution in [3.63, 3.8) is 0 Å². The molecule has 1 amide bonds. The number of benzene rings is 1. The number of nitrogens with one attached hydrogen (secondary N) is 1. The van der Waals surface area contributed by atoms with Gasteiger partial charge in [0.25, 0.3) is 5.91 Å². The van der Waals surface area contributed by atoms with Crippen LogP contribution in [0.5, 0.6) is 0 Å². The maximum Gasteiger partial charge on any atom is 0.256 e. The van der Waals surface area contributed by atoms with Crippen LogP contribution in [0.4, 0.5) is 0 Å². The number of H-pyrrole nitrogens is 1. The van der Waals surface area contributed by atoms with Gasteiger partial charge in [0.2, 0.25) is 0 Å². The molecule has 1 N–H and O–H groups in total. The lowest BCUT2D eigenvalue weighted by Gasteiger charge is -2.52. The fraction of sp³-hybridized carbons (Fsp3) is 0.391. The first kappa shape index (κ1) is 20.5. The fourth-order valence-electron chi connectivity index (χ4n) is 5.30. The number of aryl methyl sites for hydroxylation is 1. The van der Waals surface area contributed by atoms with Gasteiger partial charge in [-0.2, -0.15) is 5.10 Å². The Morgan fingerprint density at radius 3 is 2.71 bits per heavy atom. The Morgan fingerprint density at radius 1 is 1.16 bits per heavy atom. The Morgan fingerprint density at radius 2 is 1.97 bits per heavy atom. The lowest BCUT2D eigenvalue weighted by atomic mass is 9.71. The van der Waals surface area contributed by atoms with Gasteiger partial charge < -0.3 is 4.90 Å². The molecule has 0 radical (unpaired) electrons. The van der Waals surface area contributed by atoms with Crippen molar-refractivity contribution in [3.8, 4) is 11.4 Å². The van der Waals surface area contributed by atoms with Crippen molar-refractivity contribution in [2.24, 2.45) is 11.8 Å². The average Bonchev–Trinajstić information content (AvgIpc) is 3.27. The standard InChI is InChI=1S/C23H23Cl2N5O/c1-11-9-12(2)22-21-15(20(27-13(3)28-21)17-7-8-26-29-17)10-18(11)30(22)23(31)14-5-4-6-16(24)19(14)25/h4-8,11-12,18,22H,9-10H2,1-3H3,(H,26,29)/t11-,12+,18+,22+/m0/s1. The van der Waals surface area contributed by atoms with Gasteiger partial charge in [-0.05, 0) is 49.8 Å². The number of aromatic amines is 1. The molecule has 6 nitrogen and oxygen atoms in total. The lowest BCUT2D eigenvalue weighted by molar-refractivity contribution is 0.00187. The predicted octanol–water partition coefficient (Wildman–Crippen LogP) is 5.27. The van der Waals surface area contributed by atoms with Crippen molar-refractivity contribution in [2.75, 3.05) is 0 Å². The van der Waals surface area contributed by atoms with Crippen LogP contribution in [0.25, 0.3) is 11.4 Å². The van der Waals surface area contributed by atoms with Gasteiger partial charge in [-0.15, -0.1) is 0 Å². The Bertz CT molecular complexity index is 1160. The van der Waals surface area contributed by atoms with E-state index in [0.29, 0.717) is 33.8 Å². The molecule has 1 aromatic carbocycles. The number of hydrogen-bond acceptors (Lipinski definition) is 4. The summed E-state index contributed by atoms with van der Waals surface area (Å²) in [5, 5.41) is 7.83. The molecule has 3 aromatic rings. The normalized spacial score (nSPS) is 24.7. The molecular weight excluding hydrogens is 433 g/mol. The number of rotatable bonds is 2. The Balaban J connectivity index is 1.68. The van der Waals surface area contributed by atoms with E-state index in [1.54, 1.807) is 24.4 Å². The summed E-state index contributed by atoms with van der Waals surface area (Å²) in [6.45, 7) is 6.30. The molecule has 2 bridgehead atoms. The molecule has 2 aliphatic heterocycles. The third-order valence-electron chi connectivity index (χ3n) is 6.61. The second-order valence-corrected chi connectivity index (χ2v) is 9.46. The molecule has 2 aromatic heterocycles. The lowest BCUT2D eigenvalue weighted by Crippen LogP contribution is -2.56. The molecule has 0 unspecified atom stereocenters. The molecule has 2 aliphatic rings. The van der Waals surface area contributed by atoms with Gasteiger partial charge in [-0.25, -0.2) is 9.97 Å². The minimum absolute atomic E-state index is 0.0317. The van der Waals surface area contributed by atoms with Crippen LogP contribution in [0.3, 0.4) is 0 Å². The number of fused-ring (bicyclic) bond motifs is 4. The first-order valence-corrected chi connectivity index (χ1v) is 11.3. The van der Waals surface area contributed by atoms with E-state index in [1.165, 1.54) is 0 Å². The SMILES string of the molecule is Cc1nc(-c2ccn[nH]2)c2c(n1)[C@H]1[C@H](C)C[C@H](C)[C@@H](C2)N1C(=O)c1cccc(Cl)c1Cl. The van der Waals surface area contributed by atoms with Crippen molar-refractivity contribution in [1.29, 1.82) is 0 Å². The minimum Gasteiger partial charge on any atom is -0.326 e. The number of carbonyl (C=O) groups excluding carboxylic acids is 1. The Labute approximate surface area is 191 Å². The summed E-state index contributed by atoms with van der Waals surface area (Å²) >= 11 is 12.7. The smallest absolute Gasteiger partial charge is 0.256 e. The highest BCUT2D eigenvalue weighted by Gasteiger charge is 2.48. The van der Waals surface area contributed by atoms with E-state index in [9.17, 15) is 4.79 Å². The molecule has 0 aliphatic carbocycles. The minimum atomic E-state index is -0.143. The molecule has 1 saturated heterocycles. The Kier molecular flexibility index (Phi) is 5.02. The van der Waals surface area contributed by atoms with Crippen LogP contribution in [0, 0.1) is 18.8 Å². The first-order valence-electron chi connectivity index (χ1n) is 10.5. The van der Waals surface area contributed by atoms with E-state index in [4.69, 9.17) is 33.2 Å². The average molecular weight is 456 g/mol. The second kappa shape index (κ2) is 7.61. The van der Waals surface area contributed by atoms with Gasteiger partial charge >= 0.3 is 0 Å². The predicted molar refractivity (Wildman–Crippen MR) is 120 cm³/mol. The zero-order chi connectivity index (χ0) is 21.9. The van der Waals surface area contributed by atoms with E-state index in [2.05, 4.69) is 24.0 Å². The summed E-state index contributed by atoms with van der Waals surface area (Å²) < 4.78 is 0. The van der Waals surface area contributed by atoms with E-state index >= 15 is 0 Å². The number of hydrogen-bond donors (Lipinski definition) is 1. The number of nitrogens with zero attached hydrogens (tertiary/aromatic N) is 4. The van der Waals surface area contributed by atoms with Gasteiger partial charge in [0, 0.05) is 17.8 Å². The van der Waals surface area contributed by atoms with E-state index in [0.717, 1.165) is 29.1 Å². The molecule has 5 rings (SSSR count). The van der Waals surface area contributed by atoms with Crippen LogP contribution in [-0.2, 0) is 6.42 Å². The highest BCUT2D eigenvalue weighted by Crippen LogP contribution is 2.49. The number of amides is 1. The molecule has 0 spiro atoms. The van der Waals surface area contributed by atoms with Crippen LogP contribution < -0.4 is 0 Å². The van der Waals surface area contributed by atoms with Crippen molar-refractivity contribution in [3.05, 3.63) is 63.2 Å². The Hall–Kier alpha value is -2.44. The molecule has 4 heterocycles.